The third-order valence-electron chi connectivity index (χ3n) is 2.85. The molecule has 110 valence electrons. The number of carbonyl (C=O) groups excluding carboxylic acids is 1. The van der Waals surface area contributed by atoms with Crippen molar-refractivity contribution in [1.29, 1.82) is 0 Å². The van der Waals surface area contributed by atoms with Crippen molar-refractivity contribution in [3.63, 3.8) is 0 Å². The molecule has 1 amide bonds. The Hall–Kier alpha value is -1.71. The highest BCUT2D eigenvalue weighted by Crippen LogP contribution is 2.28. The van der Waals surface area contributed by atoms with E-state index in [0.717, 1.165) is 12.8 Å². The van der Waals surface area contributed by atoms with E-state index in [2.05, 4.69) is 20.4 Å². The average molecular weight is 299 g/mol. The summed E-state index contributed by atoms with van der Waals surface area (Å²) in [6.07, 6.45) is 3.19. The number of sulfonamides is 1. The third kappa shape index (κ3) is 3.89. The molecule has 2 rings (SSSR count). The number of nitrogens with two attached hydrogens (primary N) is 1. The standard InChI is InChI=1S/C11H17N5O3S/c12-16-10-7-9(3-4-13-10)20(18,19)15-6-5-14-11(17)8-1-2-8/h3-4,7-8,15H,1-2,5-6,12H2,(H,13,16)(H,14,17). The van der Waals surface area contributed by atoms with Gasteiger partial charge < -0.3 is 10.7 Å². The van der Waals surface area contributed by atoms with Crippen molar-refractivity contribution in [3.8, 4) is 0 Å². The molecule has 5 N–H and O–H groups in total. The molecule has 1 aliphatic rings. The van der Waals surface area contributed by atoms with Gasteiger partial charge in [0.25, 0.3) is 0 Å². The molecule has 0 saturated heterocycles. The molecule has 1 aromatic rings. The molecule has 0 radical (unpaired) electrons. The van der Waals surface area contributed by atoms with Crippen molar-refractivity contribution in [2.24, 2.45) is 11.8 Å². The summed E-state index contributed by atoms with van der Waals surface area (Å²) >= 11 is 0. The minimum atomic E-state index is -3.63. The number of hydrogen-bond donors (Lipinski definition) is 4. The summed E-state index contributed by atoms with van der Waals surface area (Å²) in [6, 6.07) is 2.69. The molecule has 0 aliphatic heterocycles. The largest absolute Gasteiger partial charge is 0.355 e. The van der Waals surface area contributed by atoms with Gasteiger partial charge in [0.05, 0.1) is 4.90 Å². The molecular weight excluding hydrogens is 282 g/mol. The third-order valence-corrected chi connectivity index (χ3v) is 4.31. The van der Waals surface area contributed by atoms with Gasteiger partial charge in [-0.05, 0) is 18.9 Å². The van der Waals surface area contributed by atoms with Gasteiger partial charge in [-0.25, -0.2) is 24.0 Å². The number of aromatic nitrogens is 1. The van der Waals surface area contributed by atoms with Crippen molar-refractivity contribution in [1.82, 2.24) is 15.0 Å². The molecule has 0 bridgehead atoms. The number of amides is 1. The fourth-order valence-electron chi connectivity index (χ4n) is 1.60. The Labute approximate surface area is 117 Å². The molecule has 1 aromatic heterocycles. The Bertz CT molecular complexity index is 585. The van der Waals surface area contributed by atoms with Crippen molar-refractivity contribution in [2.75, 3.05) is 18.5 Å². The number of nitrogens with zero attached hydrogens (tertiary/aromatic N) is 1. The Balaban J connectivity index is 1.84. The quantitative estimate of drug-likeness (QED) is 0.296. The minimum Gasteiger partial charge on any atom is -0.355 e. The smallest absolute Gasteiger partial charge is 0.240 e. The van der Waals surface area contributed by atoms with Crippen LogP contribution < -0.4 is 21.3 Å². The van der Waals surface area contributed by atoms with Crippen molar-refractivity contribution < 1.29 is 13.2 Å². The monoisotopic (exact) mass is 299 g/mol. The van der Waals surface area contributed by atoms with Gasteiger partial charge >= 0.3 is 0 Å². The number of rotatable bonds is 7. The lowest BCUT2D eigenvalue weighted by Crippen LogP contribution is -2.35. The average Bonchev–Trinajstić information content (AvgIpc) is 3.28. The van der Waals surface area contributed by atoms with E-state index in [1.165, 1.54) is 18.3 Å². The van der Waals surface area contributed by atoms with Crippen LogP contribution in [0.1, 0.15) is 12.8 Å². The Morgan fingerprint density at radius 3 is 2.80 bits per heavy atom. The van der Waals surface area contributed by atoms with Crippen LogP contribution in [0.2, 0.25) is 0 Å². The van der Waals surface area contributed by atoms with Crippen LogP contribution in [0.5, 0.6) is 0 Å². The van der Waals surface area contributed by atoms with Gasteiger partial charge in [0.15, 0.2) is 0 Å². The first-order valence-corrected chi connectivity index (χ1v) is 7.71. The van der Waals surface area contributed by atoms with E-state index in [0.29, 0.717) is 0 Å². The highest BCUT2D eigenvalue weighted by atomic mass is 32.2. The summed E-state index contributed by atoms with van der Waals surface area (Å²) in [5.41, 5.74) is 2.28. The topological polar surface area (TPSA) is 126 Å². The maximum Gasteiger partial charge on any atom is 0.240 e. The maximum atomic E-state index is 12.0. The number of hydrazine groups is 1. The Morgan fingerprint density at radius 2 is 2.15 bits per heavy atom. The molecular formula is C11H17N5O3S. The van der Waals surface area contributed by atoms with Crippen LogP contribution in [0.3, 0.4) is 0 Å². The zero-order valence-electron chi connectivity index (χ0n) is 10.8. The summed E-state index contributed by atoms with van der Waals surface area (Å²) in [5.74, 6) is 5.54. The number of carbonyl (C=O) groups is 1. The predicted octanol–water partition coefficient (Wildman–Crippen LogP) is -0.828. The molecule has 20 heavy (non-hydrogen) atoms. The first-order valence-electron chi connectivity index (χ1n) is 6.23. The molecule has 0 unspecified atom stereocenters. The zero-order valence-corrected chi connectivity index (χ0v) is 11.6. The van der Waals surface area contributed by atoms with E-state index in [1.54, 1.807) is 0 Å². The summed E-state index contributed by atoms with van der Waals surface area (Å²) < 4.78 is 26.3. The number of anilines is 1. The van der Waals surface area contributed by atoms with Crippen LogP contribution >= 0.6 is 0 Å². The van der Waals surface area contributed by atoms with E-state index in [-0.39, 0.29) is 35.6 Å². The van der Waals surface area contributed by atoms with Crippen molar-refractivity contribution in [2.45, 2.75) is 17.7 Å². The van der Waals surface area contributed by atoms with Gasteiger partial charge in [0.2, 0.25) is 15.9 Å². The first-order chi connectivity index (χ1) is 9.53. The molecule has 1 aliphatic carbocycles. The number of pyridine rings is 1. The van der Waals surface area contributed by atoms with Crippen LogP contribution in [0.4, 0.5) is 5.82 Å². The van der Waals surface area contributed by atoms with E-state index in [1.807, 2.05) is 0 Å². The van der Waals surface area contributed by atoms with Crippen LogP contribution in [0.25, 0.3) is 0 Å². The molecule has 1 heterocycles. The van der Waals surface area contributed by atoms with Gasteiger partial charge in [-0.15, -0.1) is 0 Å². The molecule has 9 heteroatoms. The van der Waals surface area contributed by atoms with Crippen LogP contribution in [-0.2, 0) is 14.8 Å². The fraction of sp³-hybridized carbons (Fsp3) is 0.455. The number of nitrogen functional groups attached to an aromatic ring is 1. The van der Waals surface area contributed by atoms with E-state index in [4.69, 9.17) is 5.84 Å². The first kappa shape index (κ1) is 14.7. The minimum absolute atomic E-state index is 0.0114. The highest BCUT2D eigenvalue weighted by Gasteiger charge is 2.29. The summed E-state index contributed by atoms with van der Waals surface area (Å²) in [4.78, 5) is 15.3. The SMILES string of the molecule is NNc1cc(S(=O)(=O)NCCNC(=O)C2CC2)ccn1. The molecule has 0 atom stereocenters. The van der Waals surface area contributed by atoms with Crippen molar-refractivity contribution in [3.05, 3.63) is 18.3 Å². The number of hydrogen-bond acceptors (Lipinski definition) is 6. The second-order valence-electron chi connectivity index (χ2n) is 4.48. The highest BCUT2D eigenvalue weighted by molar-refractivity contribution is 7.89. The van der Waals surface area contributed by atoms with Crippen LogP contribution in [0.15, 0.2) is 23.2 Å². The van der Waals surface area contributed by atoms with E-state index in [9.17, 15) is 13.2 Å². The Morgan fingerprint density at radius 1 is 1.40 bits per heavy atom. The Kier molecular flexibility index (Phi) is 4.53. The summed E-state index contributed by atoms with van der Waals surface area (Å²) in [7, 11) is -3.63. The molecule has 1 saturated carbocycles. The molecule has 8 nitrogen and oxygen atoms in total. The summed E-state index contributed by atoms with van der Waals surface area (Å²) in [5, 5.41) is 2.68. The maximum absolute atomic E-state index is 12.0. The lowest BCUT2D eigenvalue weighted by atomic mass is 10.4. The van der Waals surface area contributed by atoms with Gasteiger partial charge in [-0.1, -0.05) is 0 Å². The van der Waals surface area contributed by atoms with Gasteiger partial charge in [-0.3, -0.25) is 4.79 Å². The second-order valence-corrected chi connectivity index (χ2v) is 6.25. The fourth-order valence-corrected chi connectivity index (χ4v) is 2.65. The number of nitrogens with one attached hydrogen (secondary N) is 3. The second kappa shape index (κ2) is 6.16. The molecule has 0 aromatic carbocycles. The van der Waals surface area contributed by atoms with Gasteiger partial charge in [-0.2, -0.15) is 0 Å². The van der Waals surface area contributed by atoms with Crippen molar-refractivity contribution >= 4 is 21.7 Å². The lowest BCUT2D eigenvalue weighted by molar-refractivity contribution is -0.122. The zero-order chi connectivity index (χ0) is 14.6. The van der Waals surface area contributed by atoms with E-state index < -0.39 is 10.0 Å². The van der Waals surface area contributed by atoms with E-state index >= 15 is 0 Å². The lowest BCUT2D eigenvalue weighted by Gasteiger charge is -2.08. The predicted molar refractivity (Wildman–Crippen MR) is 73.0 cm³/mol. The van der Waals surface area contributed by atoms with Crippen LogP contribution in [-0.4, -0.2) is 32.4 Å². The van der Waals surface area contributed by atoms with Gasteiger partial charge in [0, 0.05) is 31.3 Å². The molecule has 0 spiro atoms. The normalized spacial score (nSPS) is 14.8. The van der Waals surface area contributed by atoms with Gasteiger partial charge in [0.1, 0.15) is 5.82 Å². The summed E-state index contributed by atoms with van der Waals surface area (Å²) in [6.45, 7) is 0.399. The molecule has 1 fully saturated rings. The van der Waals surface area contributed by atoms with Crippen LogP contribution in [0, 0.1) is 5.92 Å².